The van der Waals surface area contributed by atoms with Crippen molar-refractivity contribution in [3.63, 3.8) is 0 Å². The van der Waals surface area contributed by atoms with E-state index in [9.17, 15) is 0 Å². The molecule has 74 valence electrons. The Hall–Kier alpha value is -1.54. The Balaban J connectivity index is 2.94. The Morgan fingerprint density at radius 1 is 1.21 bits per heavy atom. The van der Waals surface area contributed by atoms with E-state index in [1.54, 1.807) is 0 Å². The monoisotopic (exact) mass is 188 g/mol. The minimum absolute atomic E-state index is 0.283. The summed E-state index contributed by atoms with van der Waals surface area (Å²) < 4.78 is 0. The highest BCUT2D eigenvalue weighted by molar-refractivity contribution is 5.61. The molecule has 1 aromatic carbocycles. The average molecular weight is 188 g/mol. The summed E-state index contributed by atoms with van der Waals surface area (Å²) in [6.07, 6.45) is 0. The van der Waals surface area contributed by atoms with Gasteiger partial charge in [0.2, 0.25) is 0 Å². The van der Waals surface area contributed by atoms with E-state index in [-0.39, 0.29) is 6.04 Å². The zero-order valence-corrected chi connectivity index (χ0v) is 8.46. The topological polar surface area (TPSA) is 52.0 Å². The van der Waals surface area contributed by atoms with Gasteiger partial charge in [0.1, 0.15) is 0 Å². The lowest BCUT2D eigenvalue weighted by atomic mass is 10.0. The molecule has 0 heterocycles. The summed E-state index contributed by atoms with van der Waals surface area (Å²) in [5.41, 5.74) is 15.0. The molecule has 0 spiro atoms. The lowest BCUT2D eigenvalue weighted by Gasteiger charge is -2.11. The van der Waals surface area contributed by atoms with E-state index < -0.39 is 0 Å². The van der Waals surface area contributed by atoms with Gasteiger partial charge in [-0.3, -0.25) is 0 Å². The second-order valence-electron chi connectivity index (χ2n) is 3.45. The van der Waals surface area contributed by atoms with Gasteiger partial charge in [-0.1, -0.05) is 43.0 Å². The standard InChI is InChI=1S/C12H16N2/c1-8(2)10-4-6-11(7-5-10)12(14)9(3)13/h4-7,12H,1,3,13-14H2,2H3. The Morgan fingerprint density at radius 2 is 1.71 bits per heavy atom. The number of hydrogen-bond acceptors (Lipinski definition) is 2. The van der Waals surface area contributed by atoms with Crippen LogP contribution in [0.1, 0.15) is 24.1 Å². The summed E-state index contributed by atoms with van der Waals surface area (Å²) in [5, 5.41) is 0. The fourth-order valence-electron chi connectivity index (χ4n) is 1.19. The highest BCUT2D eigenvalue weighted by Crippen LogP contribution is 2.18. The molecule has 2 heteroatoms. The molecular formula is C12H16N2. The number of allylic oxidation sites excluding steroid dienone is 1. The molecule has 0 fully saturated rings. The van der Waals surface area contributed by atoms with Gasteiger partial charge in [0.15, 0.2) is 0 Å². The lowest BCUT2D eigenvalue weighted by Crippen LogP contribution is -2.17. The van der Waals surface area contributed by atoms with Crippen LogP contribution < -0.4 is 11.5 Å². The van der Waals surface area contributed by atoms with E-state index >= 15 is 0 Å². The highest BCUT2D eigenvalue weighted by atomic mass is 14.7. The number of benzene rings is 1. The van der Waals surface area contributed by atoms with Crippen molar-refractivity contribution in [2.75, 3.05) is 0 Å². The molecule has 0 saturated carbocycles. The van der Waals surface area contributed by atoms with Crippen molar-refractivity contribution < 1.29 is 0 Å². The molecule has 1 unspecified atom stereocenters. The first kappa shape index (κ1) is 10.5. The maximum absolute atomic E-state index is 5.82. The number of hydrogen-bond donors (Lipinski definition) is 2. The van der Waals surface area contributed by atoms with Crippen LogP contribution in [-0.2, 0) is 0 Å². The Morgan fingerprint density at radius 3 is 2.07 bits per heavy atom. The minimum atomic E-state index is -0.283. The van der Waals surface area contributed by atoms with Gasteiger partial charge >= 0.3 is 0 Å². The SMILES string of the molecule is C=C(C)c1ccc(C(N)C(=C)N)cc1. The van der Waals surface area contributed by atoms with Crippen molar-refractivity contribution in [3.8, 4) is 0 Å². The maximum Gasteiger partial charge on any atom is 0.0692 e. The van der Waals surface area contributed by atoms with E-state index in [0.717, 1.165) is 16.7 Å². The van der Waals surface area contributed by atoms with Crippen LogP contribution in [0.2, 0.25) is 0 Å². The van der Waals surface area contributed by atoms with Gasteiger partial charge in [0.25, 0.3) is 0 Å². The Labute approximate surface area is 84.9 Å². The third-order valence-corrected chi connectivity index (χ3v) is 2.16. The van der Waals surface area contributed by atoms with Crippen LogP contribution in [0.15, 0.2) is 43.1 Å². The van der Waals surface area contributed by atoms with Crippen LogP contribution in [-0.4, -0.2) is 0 Å². The molecule has 0 aliphatic rings. The summed E-state index contributed by atoms with van der Waals surface area (Å²) in [5.74, 6) is 0. The van der Waals surface area contributed by atoms with Crippen LogP contribution in [0.3, 0.4) is 0 Å². The van der Waals surface area contributed by atoms with Crippen LogP contribution in [0.5, 0.6) is 0 Å². The number of rotatable bonds is 3. The molecule has 0 saturated heterocycles. The van der Waals surface area contributed by atoms with Gasteiger partial charge in [-0.15, -0.1) is 0 Å². The third-order valence-electron chi connectivity index (χ3n) is 2.16. The largest absolute Gasteiger partial charge is 0.401 e. The van der Waals surface area contributed by atoms with E-state index in [0.29, 0.717) is 5.70 Å². The maximum atomic E-state index is 5.82. The molecular weight excluding hydrogens is 172 g/mol. The van der Waals surface area contributed by atoms with Crippen molar-refractivity contribution in [1.82, 2.24) is 0 Å². The summed E-state index contributed by atoms with van der Waals surface area (Å²) >= 11 is 0. The molecule has 0 bridgehead atoms. The van der Waals surface area contributed by atoms with Crippen LogP contribution in [0.25, 0.3) is 5.57 Å². The van der Waals surface area contributed by atoms with Crippen molar-refractivity contribution in [2.24, 2.45) is 11.5 Å². The second kappa shape index (κ2) is 4.11. The Kier molecular flexibility index (Phi) is 3.10. The quantitative estimate of drug-likeness (QED) is 0.764. The normalized spacial score (nSPS) is 12.1. The molecule has 0 aromatic heterocycles. The highest BCUT2D eigenvalue weighted by Gasteiger charge is 2.06. The van der Waals surface area contributed by atoms with E-state index in [1.807, 2.05) is 31.2 Å². The zero-order valence-electron chi connectivity index (χ0n) is 8.46. The zero-order chi connectivity index (χ0) is 10.7. The second-order valence-corrected chi connectivity index (χ2v) is 3.45. The molecule has 2 nitrogen and oxygen atoms in total. The molecule has 0 radical (unpaired) electrons. The molecule has 1 aromatic rings. The van der Waals surface area contributed by atoms with Crippen LogP contribution in [0.4, 0.5) is 0 Å². The molecule has 0 aliphatic heterocycles. The van der Waals surface area contributed by atoms with Gasteiger partial charge in [0.05, 0.1) is 6.04 Å². The van der Waals surface area contributed by atoms with Crippen LogP contribution in [0, 0.1) is 0 Å². The van der Waals surface area contributed by atoms with Crippen molar-refractivity contribution >= 4 is 5.57 Å². The van der Waals surface area contributed by atoms with E-state index in [4.69, 9.17) is 11.5 Å². The van der Waals surface area contributed by atoms with Crippen molar-refractivity contribution in [1.29, 1.82) is 0 Å². The molecule has 1 rings (SSSR count). The first-order chi connectivity index (χ1) is 6.52. The molecule has 0 aliphatic carbocycles. The smallest absolute Gasteiger partial charge is 0.0692 e. The number of nitrogens with two attached hydrogens (primary N) is 2. The van der Waals surface area contributed by atoms with Gasteiger partial charge in [-0.05, 0) is 18.1 Å². The summed E-state index contributed by atoms with van der Waals surface area (Å²) in [6.45, 7) is 9.45. The minimum Gasteiger partial charge on any atom is -0.401 e. The summed E-state index contributed by atoms with van der Waals surface area (Å²) in [7, 11) is 0. The van der Waals surface area contributed by atoms with Gasteiger partial charge in [-0.2, -0.15) is 0 Å². The van der Waals surface area contributed by atoms with Crippen molar-refractivity contribution in [3.05, 3.63) is 54.2 Å². The summed E-state index contributed by atoms with van der Waals surface area (Å²) in [4.78, 5) is 0. The van der Waals surface area contributed by atoms with Gasteiger partial charge in [-0.25, -0.2) is 0 Å². The summed E-state index contributed by atoms with van der Waals surface area (Å²) in [6, 6.07) is 7.59. The average Bonchev–Trinajstić information content (AvgIpc) is 2.16. The fraction of sp³-hybridized carbons (Fsp3) is 0.167. The first-order valence-corrected chi connectivity index (χ1v) is 4.48. The van der Waals surface area contributed by atoms with Crippen molar-refractivity contribution in [2.45, 2.75) is 13.0 Å². The molecule has 14 heavy (non-hydrogen) atoms. The molecule has 1 atom stereocenters. The van der Waals surface area contributed by atoms with Gasteiger partial charge < -0.3 is 11.5 Å². The predicted octanol–water partition coefficient (Wildman–Crippen LogP) is 2.19. The van der Waals surface area contributed by atoms with Gasteiger partial charge in [0, 0.05) is 5.70 Å². The van der Waals surface area contributed by atoms with Crippen LogP contribution >= 0.6 is 0 Å². The molecule has 0 amide bonds. The fourth-order valence-corrected chi connectivity index (χ4v) is 1.19. The first-order valence-electron chi connectivity index (χ1n) is 4.48. The molecule has 4 N–H and O–H groups in total. The lowest BCUT2D eigenvalue weighted by molar-refractivity contribution is 0.837. The van der Waals surface area contributed by atoms with E-state index in [1.165, 1.54) is 0 Å². The predicted molar refractivity (Wildman–Crippen MR) is 61.4 cm³/mol. The van der Waals surface area contributed by atoms with E-state index in [2.05, 4.69) is 13.2 Å². The Bertz CT molecular complexity index is 349. The third kappa shape index (κ3) is 2.24.